The second-order valence-electron chi connectivity index (χ2n) is 8.43. The fourth-order valence-corrected chi connectivity index (χ4v) is 4.60. The highest BCUT2D eigenvalue weighted by Crippen LogP contribution is 2.29. The number of methoxy groups -OCH3 is 2. The molecule has 3 rings (SSSR count). The second kappa shape index (κ2) is 9.61. The Balaban J connectivity index is 1.52. The highest BCUT2D eigenvalue weighted by atomic mass is 16.5. The van der Waals surface area contributed by atoms with Crippen molar-refractivity contribution in [3.05, 3.63) is 23.3 Å². The minimum Gasteiger partial charge on any atom is -0.493 e. The van der Waals surface area contributed by atoms with E-state index in [-0.39, 0.29) is 11.9 Å². The average molecular weight is 392 g/mol. The molecule has 2 fully saturated rings. The van der Waals surface area contributed by atoms with Crippen LogP contribution in [0.15, 0.2) is 12.1 Å². The SMILES string of the molecule is COc1cc(C)c(C[NH+]2CC[NH+]([C@H](C)C(=O)NC3CCCC3)CC2)cc1OC. The summed E-state index contributed by atoms with van der Waals surface area (Å²) in [6, 6.07) is 4.63. The highest BCUT2D eigenvalue weighted by Gasteiger charge is 2.32. The number of nitrogens with one attached hydrogen (secondary N) is 3. The Hall–Kier alpha value is -1.79. The quantitative estimate of drug-likeness (QED) is 0.601. The summed E-state index contributed by atoms with van der Waals surface area (Å²) in [6.45, 7) is 9.47. The van der Waals surface area contributed by atoms with Gasteiger partial charge in [-0.25, -0.2) is 0 Å². The van der Waals surface area contributed by atoms with E-state index >= 15 is 0 Å². The van der Waals surface area contributed by atoms with E-state index in [9.17, 15) is 4.79 Å². The molecule has 0 spiro atoms. The lowest BCUT2D eigenvalue weighted by Gasteiger charge is -2.33. The van der Waals surface area contributed by atoms with Crippen LogP contribution < -0.4 is 24.6 Å². The maximum absolute atomic E-state index is 12.6. The first kappa shape index (κ1) is 20.9. The van der Waals surface area contributed by atoms with Crippen LogP contribution in [0.5, 0.6) is 11.5 Å². The van der Waals surface area contributed by atoms with Gasteiger partial charge in [0.2, 0.25) is 0 Å². The molecule has 0 bridgehead atoms. The molecule has 2 aliphatic rings. The van der Waals surface area contributed by atoms with E-state index in [1.807, 2.05) is 0 Å². The van der Waals surface area contributed by atoms with Gasteiger partial charge in [0, 0.05) is 11.6 Å². The number of piperazine rings is 1. The van der Waals surface area contributed by atoms with Gasteiger partial charge in [-0.3, -0.25) is 4.79 Å². The van der Waals surface area contributed by atoms with Crippen molar-refractivity contribution < 1.29 is 24.1 Å². The predicted octanol–water partition coefficient (Wildman–Crippen LogP) is -0.257. The average Bonchev–Trinajstić information content (AvgIpc) is 3.22. The van der Waals surface area contributed by atoms with E-state index in [4.69, 9.17) is 9.47 Å². The summed E-state index contributed by atoms with van der Waals surface area (Å²) in [6.07, 6.45) is 4.81. The van der Waals surface area contributed by atoms with Crippen molar-refractivity contribution in [3.63, 3.8) is 0 Å². The topological polar surface area (TPSA) is 56.4 Å². The monoisotopic (exact) mass is 391 g/mol. The molecular weight excluding hydrogens is 354 g/mol. The third kappa shape index (κ3) is 4.97. The van der Waals surface area contributed by atoms with Gasteiger partial charge in [0.25, 0.3) is 5.91 Å². The van der Waals surface area contributed by atoms with Crippen LogP contribution >= 0.6 is 0 Å². The predicted molar refractivity (Wildman–Crippen MR) is 109 cm³/mol. The van der Waals surface area contributed by atoms with Gasteiger partial charge in [0.05, 0.1) is 14.2 Å². The summed E-state index contributed by atoms with van der Waals surface area (Å²) in [5.74, 6) is 1.82. The molecule has 1 aromatic rings. The van der Waals surface area contributed by atoms with Gasteiger partial charge >= 0.3 is 0 Å². The number of carbonyl (C=O) groups is 1. The highest BCUT2D eigenvalue weighted by molar-refractivity contribution is 5.80. The smallest absolute Gasteiger partial charge is 0.278 e. The zero-order chi connectivity index (χ0) is 20.1. The van der Waals surface area contributed by atoms with Crippen molar-refractivity contribution in [1.82, 2.24) is 5.32 Å². The van der Waals surface area contributed by atoms with Gasteiger partial charge in [-0.15, -0.1) is 0 Å². The standard InChI is InChI=1S/C22H35N3O3/c1-16-13-20(27-3)21(28-4)14-18(16)15-24-9-11-25(12-10-24)17(2)22(26)23-19-7-5-6-8-19/h13-14,17,19H,5-12,15H2,1-4H3,(H,23,26)/p+2/t17-/m1/s1. The van der Waals surface area contributed by atoms with Gasteiger partial charge in [-0.05, 0) is 44.4 Å². The maximum Gasteiger partial charge on any atom is 0.278 e. The van der Waals surface area contributed by atoms with Crippen LogP contribution in [0, 0.1) is 6.92 Å². The van der Waals surface area contributed by atoms with Crippen molar-refractivity contribution >= 4 is 5.91 Å². The molecule has 0 radical (unpaired) electrons. The number of aryl methyl sites for hydroxylation is 1. The lowest BCUT2D eigenvalue weighted by molar-refractivity contribution is -1.02. The van der Waals surface area contributed by atoms with Crippen LogP contribution in [-0.2, 0) is 11.3 Å². The molecule has 1 atom stereocenters. The molecule has 3 N–H and O–H groups in total. The van der Waals surface area contributed by atoms with Gasteiger partial charge in [0.1, 0.15) is 32.7 Å². The molecule has 6 heteroatoms. The lowest BCUT2D eigenvalue weighted by atomic mass is 10.1. The number of benzene rings is 1. The molecule has 1 aromatic carbocycles. The fraction of sp³-hybridized carbons (Fsp3) is 0.682. The van der Waals surface area contributed by atoms with E-state index in [1.54, 1.807) is 19.1 Å². The summed E-state index contributed by atoms with van der Waals surface area (Å²) in [4.78, 5) is 15.6. The Morgan fingerprint density at radius 2 is 1.71 bits per heavy atom. The number of carbonyl (C=O) groups excluding carboxylic acids is 1. The lowest BCUT2D eigenvalue weighted by Crippen LogP contribution is -3.29. The normalized spacial score (nSPS) is 24.0. The molecule has 1 aliphatic carbocycles. The summed E-state index contributed by atoms with van der Waals surface area (Å²) < 4.78 is 10.9. The van der Waals surface area contributed by atoms with Crippen LogP contribution in [0.1, 0.15) is 43.7 Å². The molecule has 6 nitrogen and oxygen atoms in total. The zero-order valence-corrected chi connectivity index (χ0v) is 17.9. The largest absolute Gasteiger partial charge is 0.493 e. The summed E-state index contributed by atoms with van der Waals surface area (Å²) >= 11 is 0. The molecule has 0 aromatic heterocycles. The molecule has 0 unspecified atom stereocenters. The summed E-state index contributed by atoms with van der Waals surface area (Å²) in [5, 5.41) is 3.27. The van der Waals surface area contributed by atoms with Crippen LogP contribution in [0.4, 0.5) is 0 Å². The number of rotatable bonds is 7. The third-order valence-corrected chi connectivity index (χ3v) is 6.59. The van der Waals surface area contributed by atoms with Crippen LogP contribution in [0.3, 0.4) is 0 Å². The van der Waals surface area contributed by atoms with Gasteiger partial charge in [-0.1, -0.05) is 12.8 Å². The van der Waals surface area contributed by atoms with E-state index in [0.717, 1.165) is 57.1 Å². The van der Waals surface area contributed by atoms with E-state index < -0.39 is 0 Å². The Bertz CT molecular complexity index is 665. The number of hydrogen-bond donors (Lipinski definition) is 3. The van der Waals surface area contributed by atoms with Gasteiger partial charge < -0.3 is 24.6 Å². The molecule has 28 heavy (non-hydrogen) atoms. The first-order chi connectivity index (χ1) is 13.5. The van der Waals surface area contributed by atoms with Crippen molar-refractivity contribution in [2.75, 3.05) is 40.4 Å². The number of amides is 1. The molecule has 1 heterocycles. The number of ether oxygens (including phenoxy) is 2. The number of quaternary nitrogens is 2. The molecule has 1 amide bonds. The minimum absolute atomic E-state index is 0.0463. The first-order valence-electron chi connectivity index (χ1n) is 10.7. The van der Waals surface area contributed by atoms with E-state index in [2.05, 4.69) is 31.3 Å². The Morgan fingerprint density at radius 1 is 1.11 bits per heavy atom. The molecule has 1 aliphatic heterocycles. The van der Waals surface area contributed by atoms with E-state index in [0.29, 0.717) is 6.04 Å². The van der Waals surface area contributed by atoms with Crippen molar-refractivity contribution in [1.29, 1.82) is 0 Å². The third-order valence-electron chi connectivity index (χ3n) is 6.59. The first-order valence-corrected chi connectivity index (χ1v) is 10.7. The molecule has 1 saturated carbocycles. The second-order valence-corrected chi connectivity index (χ2v) is 8.43. The summed E-state index contributed by atoms with van der Waals surface area (Å²) in [5.41, 5.74) is 2.55. The maximum atomic E-state index is 12.6. The number of hydrogen-bond acceptors (Lipinski definition) is 3. The molecular formula is C22H37N3O3+2. The minimum atomic E-state index is 0.0463. The van der Waals surface area contributed by atoms with Crippen LogP contribution in [-0.4, -0.2) is 58.4 Å². The van der Waals surface area contributed by atoms with Crippen LogP contribution in [0.2, 0.25) is 0 Å². The Kier molecular flexibility index (Phi) is 7.18. The van der Waals surface area contributed by atoms with Crippen molar-refractivity contribution in [2.24, 2.45) is 0 Å². The van der Waals surface area contributed by atoms with Crippen molar-refractivity contribution in [3.8, 4) is 11.5 Å². The molecule has 1 saturated heterocycles. The Labute approximate surface area is 169 Å². The Morgan fingerprint density at radius 3 is 2.32 bits per heavy atom. The molecule has 156 valence electrons. The fourth-order valence-electron chi connectivity index (χ4n) is 4.60. The van der Waals surface area contributed by atoms with E-state index in [1.165, 1.54) is 28.9 Å². The zero-order valence-electron chi connectivity index (χ0n) is 17.9. The van der Waals surface area contributed by atoms with Crippen LogP contribution in [0.25, 0.3) is 0 Å². The van der Waals surface area contributed by atoms with Gasteiger partial charge in [-0.2, -0.15) is 0 Å². The summed E-state index contributed by atoms with van der Waals surface area (Å²) in [7, 11) is 3.36. The van der Waals surface area contributed by atoms with Gasteiger partial charge in [0.15, 0.2) is 17.5 Å². The van der Waals surface area contributed by atoms with Crippen molar-refractivity contribution in [2.45, 2.75) is 58.2 Å².